The Morgan fingerprint density at radius 1 is 0.593 bits per heavy atom. The predicted molar refractivity (Wildman–Crippen MR) is 308 cm³/mol. The molecule has 5 heterocycles. The molecule has 0 bridgehead atoms. The minimum Gasteiger partial charge on any atom is -0.458 e. The minimum atomic E-state index is -1.28. The summed E-state index contributed by atoms with van der Waals surface area (Å²) in [4.78, 5) is 28.0. The van der Waals surface area contributed by atoms with Crippen LogP contribution in [0.2, 0.25) is 0 Å². The number of cyclic esters (lactones) is 2. The number of carbonyl (C=O) groups excluding carboxylic acids is 2. The zero-order valence-corrected chi connectivity index (χ0v) is 51.1. The van der Waals surface area contributed by atoms with E-state index in [4.69, 9.17) is 42.6 Å². The molecule has 81 heavy (non-hydrogen) atoms. The van der Waals surface area contributed by atoms with Crippen molar-refractivity contribution in [1.82, 2.24) is 0 Å². The first-order chi connectivity index (χ1) is 38.4. The Bertz CT molecular complexity index is 2120. The van der Waals surface area contributed by atoms with Crippen LogP contribution in [0.4, 0.5) is 0 Å². The van der Waals surface area contributed by atoms with Gasteiger partial charge >= 0.3 is 11.9 Å². The molecule has 24 unspecified atom stereocenters. The van der Waals surface area contributed by atoms with Crippen LogP contribution in [0.1, 0.15) is 167 Å². The van der Waals surface area contributed by atoms with Crippen molar-refractivity contribution in [2.24, 2.45) is 35.5 Å². The molecule has 0 amide bonds. The largest absolute Gasteiger partial charge is 0.458 e. The van der Waals surface area contributed by atoms with Gasteiger partial charge in [0.15, 0.2) is 18.4 Å². The van der Waals surface area contributed by atoms with Gasteiger partial charge in [-0.1, -0.05) is 104 Å². The molecule has 0 aromatic rings. The molecule has 0 saturated carbocycles. The molecule has 0 aliphatic carbocycles. The van der Waals surface area contributed by atoms with Gasteiger partial charge in [0.05, 0.1) is 66.6 Å². The highest BCUT2D eigenvalue weighted by Crippen LogP contribution is 2.44. The summed E-state index contributed by atoms with van der Waals surface area (Å²) < 4.78 is 57.3. The Balaban J connectivity index is 1.38. The molecule has 0 radical (unpaired) electrons. The molecular formula is C64H104O17. The Morgan fingerprint density at radius 2 is 1.01 bits per heavy atom. The fourth-order valence-corrected chi connectivity index (χ4v) is 12.9. The van der Waals surface area contributed by atoms with Gasteiger partial charge in [-0.2, -0.15) is 0 Å². The molecule has 0 aromatic heterocycles. The lowest BCUT2D eigenvalue weighted by Crippen LogP contribution is -2.56. The van der Waals surface area contributed by atoms with Crippen LogP contribution >= 0.6 is 0 Å². The molecule has 4 saturated heterocycles. The molecule has 0 spiro atoms. The molecule has 5 rings (SSSR count). The predicted octanol–water partition coefficient (Wildman–Crippen LogP) is 8.80. The van der Waals surface area contributed by atoms with Gasteiger partial charge in [-0.15, -0.1) is 0 Å². The summed E-state index contributed by atoms with van der Waals surface area (Å²) in [5, 5.41) is 66.2. The molecule has 5 aliphatic heterocycles. The number of hydrogen-bond donors (Lipinski definition) is 6. The van der Waals surface area contributed by atoms with E-state index < -0.39 is 115 Å². The van der Waals surface area contributed by atoms with E-state index in [1.54, 1.807) is 33.1 Å². The zero-order chi connectivity index (χ0) is 59.9. The number of allylic oxidation sites excluding steroid dienone is 8. The van der Waals surface area contributed by atoms with E-state index in [9.17, 15) is 40.2 Å². The molecule has 6 N–H and O–H groups in total. The van der Waals surface area contributed by atoms with Crippen LogP contribution in [0, 0.1) is 35.5 Å². The van der Waals surface area contributed by atoms with Gasteiger partial charge in [0, 0.05) is 93.3 Å². The Hall–Kier alpha value is -3.14. The second-order valence-corrected chi connectivity index (χ2v) is 24.1. The number of ether oxygens (including phenoxy) is 9. The van der Waals surface area contributed by atoms with Crippen molar-refractivity contribution >= 4 is 11.9 Å². The lowest BCUT2D eigenvalue weighted by molar-refractivity contribution is -0.337. The van der Waals surface area contributed by atoms with Gasteiger partial charge in [0.2, 0.25) is 0 Å². The molecule has 5 aliphatic rings. The molecule has 4 fully saturated rings. The fraction of sp³-hybridized carbons (Fsp3) is 0.781. The number of aliphatic hydroxyl groups excluding tert-OH is 6. The Morgan fingerprint density at radius 3 is 1.41 bits per heavy atom. The Kier molecular flexibility index (Phi) is 27.0. The van der Waals surface area contributed by atoms with E-state index >= 15 is 0 Å². The van der Waals surface area contributed by atoms with Crippen LogP contribution in [-0.2, 0) is 52.2 Å². The van der Waals surface area contributed by atoms with Crippen molar-refractivity contribution < 1.29 is 82.9 Å². The average molecular weight is 1150 g/mol. The van der Waals surface area contributed by atoms with Gasteiger partial charge in [0.25, 0.3) is 0 Å². The number of methoxy groups -OCH3 is 1. The van der Waals surface area contributed by atoms with E-state index in [0.717, 1.165) is 24.0 Å². The quantitative estimate of drug-likeness (QED) is 0.0663. The second-order valence-electron chi connectivity index (χ2n) is 24.1. The first kappa shape index (κ1) is 68.6. The fourth-order valence-electron chi connectivity index (χ4n) is 12.9. The zero-order valence-electron chi connectivity index (χ0n) is 51.1. The van der Waals surface area contributed by atoms with Gasteiger partial charge in [-0.25, -0.2) is 9.59 Å². The average Bonchev–Trinajstić information content (AvgIpc) is 3.44. The van der Waals surface area contributed by atoms with Crippen LogP contribution in [0.15, 0.2) is 71.9 Å². The van der Waals surface area contributed by atoms with Crippen LogP contribution < -0.4 is 0 Å². The molecular weight excluding hydrogens is 1040 g/mol. The van der Waals surface area contributed by atoms with Gasteiger partial charge in [0.1, 0.15) is 24.4 Å². The van der Waals surface area contributed by atoms with Gasteiger partial charge < -0.3 is 73.3 Å². The van der Waals surface area contributed by atoms with Crippen molar-refractivity contribution in [3.05, 3.63) is 71.9 Å². The van der Waals surface area contributed by atoms with E-state index in [2.05, 4.69) is 13.8 Å². The van der Waals surface area contributed by atoms with E-state index in [1.165, 1.54) is 12.2 Å². The molecule has 24 atom stereocenters. The van der Waals surface area contributed by atoms with E-state index in [0.29, 0.717) is 32.1 Å². The first-order valence-electron chi connectivity index (χ1n) is 30.5. The third-order valence-electron chi connectivity index (χ3n) is 18.2. The highest BCUT2D eigenvalue weighted by Gasteiger charge is 2.51. The van der Waals surface area contributed by atoms with Crippen molar-refractivity contribution in [2.75, 3.05) is 7.11 Å². The van der Waals surface area contributed by atoms with Crippen LogP contribution in [-0.4, -0.2) is 159 Å². The maximum absolute atomic E-state index is 14.0. The number of hydrogen-bond acceptors (Lipinski definition) is 17. The number of aliphatic hydroxyl groups is 6. The third kappa shape index (κ3) is 18.7. The summed E-state index contributed by atoms with van der Waals surface area (Å²) in [5.74, 6) is -4.26. The monoisotopic (exact) mass is 1140 g/mol. The second kappa shape index (κ2) is 31.8. The highest BCUT2D eigenvalue weighted by atomic mass is 16.7. The standard InChI is InChI=1S/C64H104O17/c1-15-43-23-21-25-45(17-3)61(37(7)51(67)33-63(13)35-53(47(19-5)39(9)80-63)76-57-31-49(65)59(71)41(11)74-57)78-55(69)29-27-44(16-2)24-22-26-46(18-4)62(79-56(70)30-28-43)38(8)52(68)34-64(73-14)36-54(48(20-6)40(10)81-64)77-58-32-50(66)60(72)42(12)75-58/h21-30,37-42,45-54,57-62,65-68,71-72H,15-20,31-36H2,1-14H3/b25-21+,26-22+,29-27?,30-28+,43-23+,44-24?. The summed E-state index contributed by atoms with van der Waals surface area (Å²) in [6, 6.07) is 0. The topological polar surface area (TPSA) is 239 Å². The molecule has 17 nitrogen and oxygen atoms in total. The Labute approximate surface area is 484 Å². The van der Waals surface area contributed by atoms with Crippen molar-refractivity contribution in [3.63, 3.8) is 0 Å². The molecule has 17 heteroatoms. The molecule has 0 aromatic carbocycles. The maximum Gasteiger partial charge on any atom is 0.331 e. The van der Waals surface area contributed by atoms with Gasteiger partial charge in [-0.3, -0.25) is 0 Å². The van der Waals surface area contributed by atoms with Crippen molar-refractivity contribution in [2.45, 2.75) is 276 Å². The lowest BCUT2D eigenvalue weighted by Gasteiger charge is -2.49. The summed E-state index contributed by atoms with van der Waals surface area (Å²) >= 11 is 0. The van der Waals surface area contributed by atoms with Crippen molar-refractivity contribution in [1.29, 1.82) is 0 Å². The summed E-state index contributed by atoms with van der Waals surface area (Å²) in [7, 11) is 1.54. The van der Waals surface area contributed by atoms with Crippen LogP contribution in [0.3, 0.4) is 0 Å². The van der Waals surface area contributed by atoms with E-state index in [1.807, 2.05) is 98.8 Å². The molecule has 462 valence electrons. The number of esters is 2. The smallest absolute Gasteiger partial charge is 0.331 e. The summed E-state index contributed by atoms with van der Waals surface area (Å²) in [6.45, 7) is 25.2. The first-order valence-corrected chi connectivity index (χ1v) is 30.5. The number of carbonyl (C=O) groups is 2. The summed E-state index contributed by atoms with van der Waals surface area (Å²) in [5.41, 5.74) is 0.827. The normalized spacial score (nSPS) is 42.2. The SMILES string of the molecule is CCC1=C/C=C/C(CC)C(C(C)C(O)CC2(OC)CC(OC3CC(O)C(O)C(C)O3)C(CC)C(C)O2)OC(=O)/C=C/C(CC)=C/C=C/C(CC)C(C(C)C(O)CC2(C)CC(OC3CC(O)C(O)C(C)O3)C(CC)C(C)O2)OC(=O)C=C1. The third-order valence-corrected chi connectivity index (χ3v) is 18.2. The maximum atomic E-state index is 14.0. The van der Waals surface area contributed by atoms with Crippen LogP contribution in [0.5, 0.6) is 0 Å². The number of rotatable bonds is 19. The lowest BCUT2D eigenvalue weighted by atomic mass is 9.77. The van der Waals surface area contributed by atoms with E-state index in [-0.39, 0.29) is 74.1 Å². The minimum absolute atomic E-state index is 0.0234. The highest BCUT2D eigenvalue weighted by molar-refractivity contribution is 5.83. The van der Waals surface area contributed by atoms with Gasteiger partial charge in [-0.05, 0) is 84.3 Å². The van der Waals surface area contributed by atoms with Crippen molar-refractivity contribution in [3.8, 4) is 0 Å². The van der Waals surface area contributed by atoms with Crippen LogP contribution in [0.25, 0.3) is 0 Å². The summed E-state index contributed by atoms with van der Waals surface area (Å²) in [6.07, 6.45) is 11.3.